The van der Waals surface area contributed by atoms with Crippen molar-refractivity contribution in [1.29, 1.82) is 5.26 Å². The van der Waals surface area contributed by atoms with Crippen LogP contribution in [-0.2, 0) is 0 Å². The number of hydrogen-bond acceptors (Lipinski definition) is 3. The second-order valence-corrected chi connectivity index (χ2v) is 4.92. The number of nitrogens with one attached hydrogen (secondary N) is 1. The molecule has 0 atom stereocenters. The van der Waals surface area contributed by atoms with E-state index >= 15 is 0 Å². The first-order chi connectivity index (χ1) is 9.58. The molecule has 2 aromatic rings. The second kappa shape index (κ2) is 6.23. The molecule has 0 bridgehead atoms. The van der Waals surface area contributed by atoms with Crippen LogP contribution in [-0.4, -0.2) is 12.3 Å². The van der Waals surface area contributed by atoms with Crippen LogP contribution in [0.2, 0.25) is 5.02 Å². The van der Waals surface area contributed by atoms with Crippen LogP contribution in [0.5, 0.6) is 0 Å². The minimum atomic E-state index is -0.0554. The van der Waals surface area contributed by atoms with Crippen molar-refractivity contribution in [3.8, 4) is 6.07 Å². The van der Waals surface area contributed by atoms with Crippen molar-refractivity contribution >= 4 is 23.1 Å². The molecular formula is C16H13ClN2O. The lowest BCUT2D eigenvalue weighted by Gasteiger charge is -2.07. The number of nitrogens with zero attached hydrogens (tertiary/aromatic N) is 1. The van der Waals surface area contributed by atoms with Crippen molar-refractivity contribution in [2.75, 3.05) is 11.9 Å². The molecule has 0 saturated carbocycles. The fourth-order valence-corrected chi connectivity index (χ4v) is 1.99. The van der Waals surface area contributed by atoms with Crippen LogP contribution < -0.4 is 5.32 Å². The van der Waals surface area contributed by atoms with Gasteiger partial charge in [-0.3, -0.25) is 4.79 Å². The summed E-state index contributed by atoms with van der Waals surface area (Å²) in [5.41, 5.74) is 2.78. The van der Waals surface area contributed by atoms with Gasteiger partial charge in [-0.1, -0.05) is 11.6 Å². The summed E-state index contributed by atoms with van der Waals surface area (Å²) in [6.07, 6.45) is 0. The van der Waals surface area contributed by atoms with Crippen molar-refractivity contribution in [2.24, 2.45) is 0 Å². The Morgan fingerprint density at radius 2 is 1.95 bits per heavy atom. The Bertz CT molecular complexity index is 672. The maximum Gasteiger partial charge on any atom is 0.181 e. The van der Waals surface area contributed by atoms with Gasteiger partial charge in [0.25, 0.3) is 0 Å². The molecular weight excluding hydrogens is 272 g/mol. The van der Waals surface area contributed by atoms with E-state index in [0.29, 0.717) is 16.1 Å². The van der Waals surface area contributed by atoms with Gasteiger partial charge in [0.1, 0.15) is 0 Å². The number of ketones is 1. The quantitative estimate of drug-likeness (QED) is 0.869. The van der Waals surface area contributed by atoms with Gasteiger partial charge < -0.3 is 5.32 Å². The van der Waals surface area contributed by atoms with E-state index in [-0.39, 0.29) is 12.3 Å². The maximum absolute atomic E-state index is 12.1. The maximum atomic E-state index is 12.1. The van der Waals surface area contributed by atoms with E-state index in [4.69, 9.17) is 16.9 Å². The molecule has 100 valence electrons. The molecule has 0 saturated heterocycles. The van der Waals surface area contributed by atoms with E-state index in [0.717, 1.165) is 11.3 Å². The predicted octanol–water partition coefficient (Wildman–Crippen LogP) is 3.81. The van der Waals surface area contributed by atoms with Crippen LogP contribution >= 0.6 is 11.6 Å². The standard InChI is InChI=1S/C16H13ClN2O/c1-11-6-12(9-18)8-13(7-11)16(20)10-19-15-4-2-14(17)3-5-15/h2-8,19H,10H2,1H3. The largest absolute Gasteiger partial charge is 0.378 e. The summed E-state index contributed by atoms with van der Waals surface area (Å²) < 4.78 is 0. The van der Waals surface area contributed by atoms with Gasteiger partial charge in [-0.15, -0.1) is 0 Å². The third-order valence-corrected chi connectivity index (χ3v) is 3.08. The summed E-state index contributed by atoms with van der Waals surface area (Å²) in [5, 5.41) is 12.6. The lowest BCUT2D eigenvalue weighted by molar-refractivity contribution is 0.101. The fourth-order valence-electron chi connectivity index (χ4n) is 1.86. The van der Waals surface area contributed by atoms with Crippen molar-refractivity contribution in [3.63, 3.8) is 0 Å². The molecule has 0 aromatic heterocycles. The normalized spacial score (nSPS) is 9.85. The third-order valence-electron chi connectivity index (χ3n) is 2.83. The number of carbonyl (C=O) groups is 1. The Balaban J connectivity index is 2.07. The van der Waals surface area contributed by atoms with Gasteiger partial charge in [0.05, 0.1) is 18.2 Å². The zero-order valence-corrected chi connectivity index (χ0v) is 11.7. The van der Waals surface area contributed by atoms with E-state index in [1.807, 2.05) is 19.1 Å². The van der Waals surface area contributed by atoms with Crippen LogP contribution in [0.15, 0.2) is 42.5 Å². The van der Waals surface area contributed by atoms with E-state index in [9.17, 15) is 4.79 Å². The Kier molecular flexibility index (Phi) is 4.39. The molecule has 0 aliphatic heterocycles. The SMILES string of the molecule is Cc1cc(C#N)cc(C(=O)CNc2ccc(Cl)cc2)c1. The van der Waals surface area contributed by atoms with Crippen molar-refractivity contribution in [2.45, 2.75) is 6.92 Å². The van der Waals surface area contributed by atoms with E-state index < -0.39 is 0 Å². The first-order valence-corrected chi connectivity index (χ1v) is 6.51. The molecule has 2 rings (SSSR count). The topological polar surface area (TPSA) is 52.9 Å². The van der Waals surface area contributed by atoms with Gasteiger partial charge in [0.2, 0.25) is 0 Å². The highest BCUT2D eigenvalue weighted by Gasteiger charge is 2.07. The van der Waals surface area contributed by atoms with Gasteiger partial charge in [-0.25, -0.2) is 0 Å². The Labute approximate surface area is 122 Å². The highest BCUT2D eigenvalue weighted by Crippen LogP contribution is 2.14. The molecule has 4 heteroatoms. The number of rotatable bonds is 4. The van der Waals surface area contributed by atoms with E-state index in [2.05, 4.69) is 11.4 Å². The molecule has 0 heterocycles. The van der Waals surface area contributed by atoms with Gasteiger partial charge in [-0.2, -0.15) is 5.26 Å². The van der Waals surface area contributed by atoms with Gasteiger partial charge in [0, 0.05) is 16.3 Å². The number of benzene rings is 2. The molecule has 2 aromatic carbocycles. The van der Waals surface area contributed by atoms with Crippen LogP contribution in [0.25, 0.3) is 0 Å². The average molecular weight is 285 g/mol. The zero-order valence-electron chi connectivity index (χ0n) is 11.0. The Morgan fingerprint density at radius 1 is 1.25 bits per heavy atom. The summed E-state index contributed by atoms with van der Waals surface area (Å²) in [5.74, 6) is -0.0554. The molecule has 0 fully saturated rings. The monoisotopic (exact) mass is 284 g/mol. The number of halogens is 1. The van der Waals surface area contributed by atoms with E-state index in [1.165, 1.54) is 0 Å². The summed E-state index contributed by atoms with van der Waals surface area (Å²) in [7, 11) is 0. The average Bonchev–Trinajstić information content (AvgIpc) is 2.45. The molecule has 3 nitrogen and oxygen atoms in total. The fraction of sp³-hybridized carbons (Fsp3) is 0.125. The molecule has 0 aliphatic carbocycles. The number of nitriles is 1. The molecule has 0 amide bonds. The Morgan fingerprint density at radius 3 is 2.60 bits per heavy atom. The Hall–Kier alpha value is -2.31. The number of anilines is 1. The summed E-state index contributed by atoms with van der Waals surface area (Å²) in [6, 6.07) is 14.3. The van der Waals surface area contributed by atoms with Gasteiger partial charge in [-0.05, 0) is 55.0 Å². The summed E-state index contributed by atoms with van der Waals surface area (Å²) >= 11 is 5.80. The van der Waals surface area contributed by atoms with Gasteiger partial charge >= 0.3 is 0 Å². The molecule has 0 radical (unpaired) electrons. The number of Topliss-reactive ketones (excluding diaryl/α,β-unsaturated/α-hetero) is 1. The smallest absolute Gasteiger partial charge is 0.181 e. The lowest BCUT2D eigenvalue weighted by atomic mass is 10.0. The lowest BCUT2D eigenvalue weighted by Crippen LogP contribution is -2.14. The number of aryl methyl sites for hydroxylation is 1. The first-order valence-electron chi connectivity index (χ1n) is 6.13. The first kappa shape index (κ1) is 14.1. The molecule has 0 spiro atoms. The van der Waals surface area contributed by atoms with Crippen molar-refractivity contribution in [3.05, 3.63) is 64.2 Å². The minimum Gasteiger partial charge on any atom is -0.378 e. The molecule has 0 unspecified atom stereocenters. The second-order valence-electron chi connectivity index (χ2n) is 4.48. The zero-order chi connectivity index (χ0) is 14.5. The van der Waals surface area contributed by atoms with Gasteiger partial charge in [0.15, 0.2) is 5.78 Å². The highest BCUT2D eigenvalue weighted by molar-refractivity contribution is 6.30. The predicted molar refractivity (Wildman–Crippen MR) is 80.2 cm³/mol. The highest BCUT2D eigenvalue weighted by atomic mass is 35.5. The van der Waals surface area contributed by atoms with Crippen LogP contribution in [0.4, 0.5) is 5.69 Å². The summed E-state index contributed by atoms with van der Waals surface area (Å²) in [6.45, 7) is 2.04. The summed E-state index contributed by atoms with van der Waals surface area (Å²) in [4.78, 5) is 12.1. The number of carbonyl (C=O) groups excluding carboxylic acids is 1. The number of hydrogen-bond donors (Lipinski definition) is 1. The van der Waals surface area contributed by atoms with Crippen molar-refractivity contribution in [1.82, 2.24) is 0 Å². The van der Waals surface area contributed by atoms with E-state index in [1.54, 1.807) is 30.3 Å². The van der Waals surface area contributed by atoms with Crippen LogP contribution in [0.1, 0.15) is 21.5 Å². The minimum absolute atomic E-state index is 0.0554. The van der Waals surface area contributed by atoms with Crippen LogP contribution in [0.3, 0.4) is 0 Å². The van der Waals surface area contributed by atoms with Crippen LogP contribution in [0, 0.1) is 18.3 Å². The molecule has 1 N–H and O–H groups in total. The molecule has 20 heavy (non-hydrogen) atoms. The molecule has 0 aliphatic rings. The third kappa shape index (κ3) is 3.59. The van der Waals surface area contributed by atoms with Crippen molar-refractivity contribution < 1.29 is 4.79 Å².